The highest BCUT2D eigenvalue weighted by atomic mass is 16.5. The van der Waals surface area contributed by atoms with E-state index in [1.807, 2.05) is 44.2 Å². The summed E-state index contributed by atoms with van der Waals surface area (Å²) in [7, 11) is 1.61. The zero-order valence-corrected chi connectivity index (χ0v) is 14.5. The van der Waals surface area contributed by atoms with Crippen LogP contribution >= 0.6 is 0 Å². The summed E-state index contributed by atoms with van der Waals surface area (Å²) in [5.74, 6) is 1.97. The highest BCUT2D eigenvalue weighted by Gasteiger charge is 2.10. The van der Waals surface area contributed by atoms with Crippen molar-refractivity contribution in [2.75, 3.05) is 19.0 Å². The number of aliphatic hydroxyl groups is 1. The van der Waals surface area contributed by atoms with Crippen molar-refractivity contribution in [3.05, 3.63) is 59.7 Å². The summed E-state index contributed by atoms with van der Waals surface area (Å²) in [5, 5.41) is 17.8. The first-order chi connectivity index (χ1) is 12.1. The molecule has 2 aromatic heterocycles. The zero-order chi connectivity index (χ0) is 17.8. The number of nitrogens with zero attached hydrogens (tertiary/aromatic N) is 4. The maximum absolute atomic E-state index is 10.3. The molecule has 3 rings (SSSR count). The number of nitrogens with one attached hydrogen (secondary N) is 1. The van der Waals surface area contributed by atoms with Crippen molar-refractivity contribution in [2.24, 2.45) is 0 Å². The third-order valence-electron chi connectivity index (χ3n) is 3.83. The van der Waals surface area contributed by atoms with Gasteiger partial charge in [-0.25, -0.2) is 9.67 Å². The van der Waals surface area contributed by atoms with Crippen LogP contribution in [0, 0.1) is 13.8 Å². The van der Waals surface area contributed by atoms with Gasteiger partial charge in [-0.3, -0.25) is 4.98 Å². The standard InChI is InChI=1S/C18H21N5O2/c1-12-8-13(2)23(22-12)18-11-19-10-17(21-18)20-9-16(24)14-4-6-15(25-3)7-5-14/h4-8,10-11,16,24H,9H2,1-3H3,(H,20,21)/t16-/m1/s1. The van der Waals surface area contributed by atoms with E-state index in [4.69, 9.17) is 4.74 Å². The molecule has 0 aliphatic heterocycles. The maximum Gasteiger partial charge on any atom is 0.174 e. The first kappa shape index (κ1) is 16.9. The quantitative estimate of drug-likeness (QED) is 0.717. The first-order valence-electron chi connectivity index (χ1n) is 7.98. The Bertz CT molecular complexity index is 845. The van der Waals surface area contributed by atoms with E-state index >= 15 is 0 Å². The van der Waals surface area contributed by atoms with E-state index < -0.39 is 6.10 Å². The van der Waals surface area contributed by atoms with Gasteiger partial charge in [0.1, 0.15) is 11.6 Å². The van der Waals surface area contributed by atoms with Gasteiger partial charge in [-0.05, 0) is 37.6 Å². The topological polar surface area (TPSA) is 85.1 Å². The molecule has 2 heterocycles. The molecule has 0 fully saturated rings. The van der Waals surface area contributed by atoms with Gasteiger partial charge in [0.2, 0.25) is 0 Å². The Morgan fingerprint density at radius 2 is 1.96 bits per heavy atom. The van der Waals surface area contributed by atoms with Crippen molar-refractivity contribution in [3.8, 4) is 11.6 Å². The van der Waals surface area contributed by atoms with Crippen LogP contribution in [0.25, 0.3) is 5.82 Å². The lowest BCUT2D eigenvalue weighted by Crippen LogP contribution is -2.14. The molecule has 3 aromatic rings. The number of benzene rings is 1. The summed E-state index contributed by atoms with van der Waals surface area (Å²) in [6, 6.07) is 9.30. The molecule has 0 spiro atoms. The molecule has 25 heavy (non-hydrogen) atoms. The van der Waals surface area contributed by atoms with Crippen molar-refractivity contribution >= 4 is 5.82 Å². The van der Waals surface area contributed by atoms with Crippen molar-refractivity contribution < 1.29 is 9.84 Å². The highest BCUT2D eigenvalue weighted by Crippen LogP contribution is 2.18. The average molecular weight is 339 g/mol. The van der Waals surface area contributed by atoms with Crippen LogP contribution in [0.2, 0.25) is 0 Å². The molecule has 0 bridgehead atoms. The van der Waals surface area contributed by atoms with Crippen LogP contribution < -0.4 is 10.1 Å². The van der Waals surface area contributed by atoms with Crippen molar-refractivity contribution in [2.45, 2.75) is 20.0 Å². The summed E-state index contributed by atoms with van der Waals surface area (Å²) < 4.78 is 6.86. The molecule has 7 heteroatoms. The minimum absolute atomic E-state index is 0.321. The van der Waals surface area contributed by atoms with E-state index in [2.05, 4.69) is 20.4 Å². The number of methoxy groups -OCH3 is 1. The smallest absolute Gasteiger partial charge is 0.174 e. The number of hydrogen-bond acceptors (Lipinski definition) is 6. The summed E-state index contributed by atoms with van der Waals surface area (Å²) in [6.07, 6.45) is 2.62. The fourth-order valence-electron chi connectivity index (χ4n) is 2.55. The molecule has 7 nitrogen and oxygen atoms in total. The molecule has 1 aromatic carbocycles. The molecule has 0 saturated carbocycles. The van der Waals surface area contributed by atoms with Crippen LogP contribution in [0.1, 0.15) is 23.1 Å². The second-order valence-electron chi connectivity index (χ2n) is 5.77. The lowest BCUT2D eigenvalue weighted by Gasteiger charge is -2.13. The van der Waals surface area contributed by atoms with Gasteiger partial charge in [-0.1, -0.05) is 12.1 Å². The van der Waals surface area contributed by atoms with Crippen LogP contribution in [0.3, 0.4) is 0 Å². The van der Waals surface area contributed by atoms with Gasteiger partial charge in [0, 0.05) is 12.2 Å². The minimum Gasteiger partial charge on any atom is -0.497 e. The van der Waals surface area contributed by atoms with Gasteiger partial charge in [0.15, 0.2) is 5.82 Å². The van der Waals surface area contributed by atoms with E-state index in [9.17, 15) is 5.11 Å². The van der Waals surface area contributed by atoms with Crippen LogP contribution in [0.4, 0.5) is 5.82 Å². The normalized spacial score (nSPS) is 12.0. The number of aryl methyl sites for hydroxylation is 2. The third kappa shape index (κ3) is 3.95. The summed E-state index contributed by atoms with van der Waals surface area (Å²) in [5.41, 5.74) is 2.71. The monoisotopic (exact) mass is 339 g/mol. The number of aromatic nitrogens is 4. The number of ether oxygens (including phenoxy) is 1. The predicted molar refractivity (Wildman–Crippen MR) is 95.1 cm³/mol. The van der Waals surface area contributed by atoms with Crippen LogP contribution in [-0.4, -0.2) is 38.5 Å². The van der Waals surface area contributed by atoms with E-state index in [-0.39, 0.29) is 0 Å². The predicted octanol–water partition coefficient (Wildman–Crippen LogP) is 2.43. The molecule has 1 atom stereocenters. The van der Waals surface area contributed by atoms with Gasteiger partial charge in [-0.2, -0.15) is 5.10 Å². The van der Waals surface area contributed by atoms with Crippen molar-refractivity contribution in [1.29, 1.82) is 0 Å². The Hall–Kier alpha value is -2.93. The number of hydrogen-bond donors (Lipinski definition) is 2. The minimum atomic E-state index is -0.662. The second kappa shape index (κ2) is 7.31. The summed E-state index contributed by atoms with van der Waals surface area (Å²) in [6.45, 7) is 4.22. The Balaban J connectivity index is 1.68. The van der Waals surface area contributed by atoms with Gasteiger partial charge < -0.3 is 15.2 Å². The number of aliphatic hydroxyl groups excluding tert-OH is 1. The lowest BCUT2D eigenvalue weighted by molar-refractivity contribution is 0.191. The Kier molecular flexibility index (Phi) is 4.95. The molecule has 0 aliphatic carbocycles. The van der Waals surface area contributed by atoms with Gasteiger partial charge in [-0.15, -0.1) is 0 Å². The number of rotatable bonds is 6. The Labute approximate surface area is 146 Å². The first-order valence-corrected chi connectivity index (χ1v) is 7.98. The van der Waals surface area contributed by atoms with Crippen LogP contribution in [-0.2, 0) is 0 Å². The van der Waals surface area contributed by atoms with E-state index in [0.717, 1.165) is 22.7 Å². The third-order valence-corrected chi connectivity index (χ3v) is 3.83. The van der Waals surface area contributed by atoms with Gasteiger partial charge in [0.05, 0.1) is 31.3 Å². The largest absolute Gasteiger partial charge is 0.497 e. The van der Waals surface area contributed by atoms with Gasteiger partial charge >= 0.3 is 0 Å². The molecular weight excluding hydrogens is 318 g/mol. The molecule has 0 radical (unpaired) electrons. The SMILES string of the molecule is COc1ccc([C@H](O)CNc2cncc(-n3nc(C)cc3C)n2)cc1. The second-order valence-corrected chi connectivity index (χ2v) is 5.77. The fourth-order valence-corrected chi connectivity index (χ4v) is 2.55. The summed E-state index contributed by atoms with van der Waals surface area (Å²) >= 11 is 0. The zero-order valence-electron chi connectivity index (χ0n) is 14.5. The Morgan fingerprint density at radius 1 is 1.20 bits per heavy atom. The maximum atomic E-state index is 10.3. The molecule has 130 valence electrons. The van der Waals surface area contributed by atoms with Gasteiger partial charge in [0.25, 0.3) is 0 Å². The molecular formula is C18H21N5O2. The van der Waals surface area contributed by atoms with Crippen molar-refractivity contribution in [3.63, 3.8) is 0 Å². The van der Waals surface area contributed by atoms with E-state index in [1.165, 1.54) is 0 Å². The Morgan fingerprint density at radius 3 is 2.60 bits per heavy atom. The summed E-state index contributed by atoms with van der Waals surface area (Å²) in [4.78, 5) is 8.71. The lowest BCUT2D eigenvalue weighted by atomic mass is 10.1. The molecule has 2 N–H and O–H groups in total. The van der Waals surface area contributed by atoms with Crippen LogP contribution in [0.15, 0.2) is 42.7 Å². The molecule has 0 saturated heterocycles. The van der Waals surface area contributed by atoms with E-state index in [0.29, 0.717) is 18.2 Å². The highest BCUT2D eigenvalue weighted by molar-refractivity contribution is 5.37. The van der Waals surface area contributed by atoms with Crippen LogP contribution in [0.5, 0.6) is 5.75 Å². The van der Waals surface area contributed by atoms with E-state index in [1.54, 1.807) is 24.2 Å². The average Bonchev–Trinajstić information content (AvgIpc) is 2.98. The van der Waals surface area contributed by atoms with Crippen molar-refractivity contribution in [1.82, 2.24) is 19.7 Å². The number of anilines is 1. The molecule has 0 aliphatic rings. The molecule has 0 amide bonds. The molecule has 0 unspecified atom stereocenters. The fraction of sp³-hybridized carbons (Fsp3) is 0.278.